The van der Waals surface area contributed by atoms with Gasteiger partial charge < -0.3 is 33.3 Å². The van der Waals surface area contributed by atoms with Crippen molar-refractivity contribution in [1.82, 2.24) is 0 Å². The molecule has 0 atom stereocenters. The summed E-state index contributed by atoms with van der Waals surface area (Å²) in [6.45, 7) is 2.23. The molecular weight excluding hydrogens is 292 g/mol. The minimum absolute atomic E-state index is 0.281. The Bertz CT molecular complexity index is 291. The van der Waals surface area contributed by atoms with Gasteiger partial charge in [-0.25, -0.2) is 8.42 Å². The van der Waals surface area contributed by atoms with Crippen molar-refractivity contribution in [2.24, 2.45) is 0 Å². The molecule has 0 aromatic carbocycles. The van der Waals surface area contributed by atoms with Gasteiger partial charge in [0.25, 0.3) is 0 Å². The predicted octanol–water partition coefficient (Wildman–Crippen LogP) is -2.89. The number of hydrogen-bond donors (Lipinski definition) is 2. The van der Waals surface area contributed by atoms with E-state index >= 15 is 0 Å². The van der Waals surface area contributed by atoms with Crippen LogP contribution in [0.5, 0.6) is 0 Å². The average molecular weight is 320 g/mol. The third-order valence-electron chi connectivity index (χ3n) is 1.62. The second-order valence-corrected chi connectivity index (χ2v) is 6.90. The van der Waals surface area contributed by atoms with Gasteiger partial charge in [-0.3, -0.25) is 0 Å². The smallest absolute Gasteiger partial charge is 0.208 e. The zero-order chi connectivity index (χ0) is 17.0. The lowest BCUT2D eigenvalue weighted by Crippen LogP contribution is -2.36. The van der Waals surface area contributed by atoms with Gasteiger partial charge in [0.15, 0.2) is 0 Å². The van der Waals surface area contributed by atoms with E-state index in [1.165, 1.54) is 0 Å². The number of rotatable bonds is 5. The van der Waals surface area contributed by atoms with Crippen LogP contribution in [-0.2, 0) is 14.7 Å². The maximum absolute atomic E-state index is 8.91. The molecule has 0 aliphatic carbocycles. The van der Waals surface area contributed by atoms with Crippen LogP contribution in [0, 0.1) is 0 Å². The van der Waals surface area contributed by atoms with Crippen molar-refractivity contribution >= 4 is 10.4 Å². The Balaban J connectivity index is -0.000000218. The number of likely N-dealkylation sites (N-methyl/N-ethyl adjacent to an activating group) is 2. The van der Waals surface area contributed by atoms with Gasteiger partial charge in [0, 0.05) is 0 Å². The zero-order valence-electron chi connectivity index (χ0n) is 13.1. The van der Waals surface area contributed by atoms with Gasteiger partial charge in [0.1, 0.15) is 13.1 Å². The highest BCUT2D eigenvalue weighted by atomic mass is 32.3. The first-order valence-electron chi connectivity index (χ1n) is 5.78. The molecule has 20 heavy (non-hydrogen) atoms. The number of hydrogen-bond acceptors (Lipinski definition) is 7. The minimum atomic E-state index is -4.97. The van der Waals surface area contributed by atoms with Crippen LogP contribution in [-0.4, -0.2) is 101 Å². The SMILES string of the molecule is C[N+](C)(C)CCO.C[N+](C)(C)CCO.O=S(=O)([O-])O[O-]. The van der Waals surface area contributed by atoms with Crippen LogP contribution in [0.3, 0.4) is 0 Å². The lowest BCUT2D eigenvalue weighted by atomic mass is 10.5. The molecule has 9 nitrogen and oxygen atoms in total. The first-order chi connectivity index (χ1) is 8.68. The number of quaternary nitrogens is 2. The molecule has 0 aromatic heterocycles. The fourth-order valence-electron chi connectivity index (χ4n) is 0.600. The van der Waals surface area contributed by atoms with E-state index in [0.29, 0.717) is 0 Å². The molecule has 0 bridgehead atoms. The van der Waals surface area contributed by atoms with E-state index in [-0.39, 0.29) is 13.2 Å². The maximum Gasteiger partial charge on any atom is 0.208 e. The Labute approximate surface area is 121 Å². The molecule has 0 aliphatic heterocycles. The van der Waals surface area contributed by atoms with Gasteiger partial charge >= 0.3 is 0 Å². The van der Waals surface area contributed by atoms with Crippen LogP contribution < -0.4 is 5.26 Å². The van der Waals surface area contributed by atoms with E-state index in [1.807, 2.05) is 0 Å². The predicted molar refractivity (Wildman–Crippen MR) is 70.8 cm³/mol. The van der Waals surface area contributed by atoms with E-state index in [4.69, 9.17) is 28.4 Å². The first-order valence-corrected chi connectivity index (χ1v) is 7.11. The summed E-state index contributed by atoms with van der Waals surface area (Å²) in [6, 6.07) is 0. The molecule has 0 aliphatic rings. The topological polar surface area (TPSA) is 130 Å². The molecule has 0 fully saturated rings. The van der Waals surface area contributed by atoms with Gasteiger partial charge in [-0.1, -0.05) is 0 Å². The molecule has 2 N–H and O–H groups in total. The third-order valence-corrected chi connectivity index (χ3v) is 1.79. The lowest BCUT2D eigenvalue weighted by Gasteiger charge is -2.21. The number of nitrogens with zero attached hydrogens (tertiary/aromatic N) is 2. The first kappa shape index (κ1) is 24.7. The minimum Gasteiger partial charge on any atom is -0.726 e. The summed E-state index contributed by atoms with van der Waals surface area (Å²) in [7, 11) is 7.34. The van der Waals surface area contributed by atoms with Crippen LogP contribution in [0.2, 0.25) is 0 Å². The Morgan fingerprint density at radius 1 is 0.900 bits per heavy atom. The van der Waals surface area contributed by atoms with E-state index < -0.39 is 10.4 Å². The molecule has 0 unspecified atom stereocenters. The summed E-state index contributed by atoms with van der Waals surface area (Å²) in [5.74, 6) is 0. The van der Waals surface area contributed by atoms with Crippen LogP contribution >= 0.6 is 0 Å². The second-order valence-electron chi connectivity index (χ2n) is 5.95. The molecule has 10 heteroatoms. The van der Waals surface area contributed by atoms with Crippen molar-refractivity contribution in [3.8, 4) is 0 Å². The van der Waals surface area contributed by atoms with Gasteiger partial charge in [0.05, 0.1) is 55.5 Å². The second kappa shape index (κ2) is 11.3. The summed E-state index contributed by atoms with van der Waals surface area (Å²) in [5, 5.41) is 25.3. The molecule has 0 spiro atoms. The van der Waals surface area contributed by atoms with Crippen LogP contribution in [0.1, 0.15) is 0 Å². The highest BCUT2D eigenvalue weighted by Gasteiger charge is 2.02. The van der Waals surface area contributed by atoms with Crippen molar-refractivity contribution in [3.63, 3.8) is 0 Å². The maximum atomic E-state index is 8.91. The van der Waals surface area contributed by atoms with E-state index in [2.05, 4.69) is 46.6 Å². The molecule has 0 rings (SSSR count). The Kier molecular flexibility index (Phi) is 14.0. The van der Waals surface area contributed by atoms with Crippen molar-refractivity contribution in [3.05, 3.63) is 0 Å². The third kappa shape index (κ3) is 43.1. The molecule has 0 aromatic rings. The largest absolute Gasteiger partial charge is 0.726 e. The highest BCUT2D eigenvalue weighted by molar-refractivity contribution is 7.80. The molecule has 0 radical (unpaired) electrons. The molecule has 0 heterocycles. The average Bonchev–Trinajstić information content (AvgIpc) is 2.14. The normalized spacial score (nSPS) is 11.9. The number of aliphatic hydroxyl groups excluding tert-OH is 2. The van der Waals surface area contributed by atoms with Crippen LogP contribution in [0.25, 0.3) is 0 Å². The zero-order valence-corrected chi connectivity index (χ0v) is 13.9. The molecule has 0 saturated heterocycles. The summed E-state index contributed by atoms with van der Waals surface area (Å²) < 4.78 is 30.5. The summed E-state index contributed by atoms with van der Waals surface area (Å²) in [6.07, 6.45) is 0. The lowest BCUT2D eigenvalue weighted by molar-refractivity contribution is -0.870. The van der Waals surface area contributed by atoms with Gasteiger partial charge in [-0.15, -0.1) is 0 Å². The molecule has 0 saturated carbocycles. The Hall–Kier alpha value is -0.330. The molecular formula is C10H28N2O7S. The Morgan fingerprint density at radius 3 is 1.10 bits per heavy atom. The quantitative estimate of drug-likeness (QED) is 0.183. The van der Waals surface area contributed by atoms with Crippen molar-refractivity contribution in [2.75, 3.05) is 68.6 Å². The Morgan fingerprint density at radius 2 is 1.10 bits per heavy atom. The monoisotopic (exact) mass is 320 g/mol. The van der Waals surface area contributed by atoms with E-state index in [9.17, 15) is 0 Å². The number of aliphatic hydroxyl groups is 2. The van der Waals surface area contributed by atoms with Crippen molar-refractivity contribution in [2.45, 2.75) is 0 Å². The standard InChI is InChI=1S/2C5H14NO.H2O5S/c2*1-6(2,3)4-5-7;1-5-6(2,3)4/h2*7H,4-5H2,1-3H3;1H,(H,2,3,4)/q2*+1;/p-2. The fraction of sp³-hybridized carbons (Fsp3) is 1.00. The highest BCUT2D eigenvalue weighted by Crippen LogP contribution is 1.85. The van der Waals surface area contributed by atoms with Crippen LogP contribution in [0.4, 0.5) is 0 Å². The fourth-order valence-corrected chi connectivity index (χ4v) is 0.600. The molecule has 126 valence electrons. The summed E-state index contributed by atoms with van der Waals surface area (Å²) >= 11 is 0. The van der Waals surface area contributed by atoms with Crippen LogP contribution in [0.15, 0.2) is 0 Å². The van der Waals surface area contributed by atoms with Crippen molar-refractivity contribution < 1.29 is 41.7 Å². The van der Waals surface area contributed by atoms with Gasteiger partial charge in [-0.05, 0) is 0 Å². The summed E-state index contributed by atoms with van der Waals surface area (Å²) in [5.41, 5.74) is 0. The molecule has 0 amide bonds. The van der Waals surface area contributed by atoms with Gasteiger partial charge in [-0.2, -0.15) is 0 Å². The van der Waals surface area contributed by atoms with E-state index in [0.717, 1.165) is 22.1 Å². The van der Waals surface area contributed by atoms with Gasteiger partial charge in [0.2, 0.25) is 10.4 Å². The van der Waals surface area contributed by atoms with Crippen molar-refractivity contribution in [1.29, 1.82) is 0 Å². The van der Waals surface area contributed by atoms with E-state index in [1.54, 1.807) is 0 Å². The summed E-state index contributed by atoms with van der Waals surface area (Å²) in [4.78, 5) is 0.